The molecule has 0 saturated heterocycles. The molecule has 0 unspecified atom stereocenters. The third kappa shape index (κ3) is 3.61. The van der Waals surface area contributed by atoms with E-state index in [9.17, 15) is 4.79 Å². The maximum absolute atomic E-state index is 13.2. The van der Waals surface area contributed by atoms with E-state index in [1.54, 1.807) is 11.1 Å². The van der Waals surface area contributed by atoms with E-state index in [1.165, 1.54) is 0 Å². The van der Waals surface area contributed by atoms with Gasteiger partial charge in [-0.15, -0.1) is 0 Å². The Morgan fingerprint density at radius 2 is 1.93 bits per heavy atom. The minimum absolute atomic E-state index is 0.0153. The number of aromatic nitrogens is 3. The van der Waals surface area contributed by atoms with Crippen LogP contribution < -0.4 is 0 Å². The fraction of sp³-hybridized carbons (Fsp3) is 0.476. The van der Waals surface area contributed by atoms with Gasteiger partial charge in [0.05, 0.1) is 22.8 Å². The summed E-state index contributed by atoms with van der Waals surface area (Å²) in [5.74, 6) is 2.00. The molecule has 0 aromatic carbocycles. The maximum atomic E-state index is 13.2. The molecule has 0 atom stereocenters. The predicted molar refractivity (Wildman–Crippen MR) is 107 cm³/mol. The number of carbonyl (C=O) groups excluding carboxylic acids is 1. The highest BCUT2D eigenvalue weighted by Gasteiger charge is 2.22. The summed E-state index contributed by atoms with van der Waals surface area (Å²) in [6, 6.07) is 3.98. The van der Waals surface area contributed by atoms with Crippen LogP contribution in [0.2, 0.25) is 0 Å². The first kappa shape index (κ1) is 19.1. The van der Waals surface area contributed by atoms with Crippen LogP contribution in [0.5, 0.6) is 0 Å². The van der Waals surface area contributed by atoms with Crippen LogP contribution >= 0.6 is 0 Å². The van der Waals surface area contributed by atoms with Crippen LogP contribution in [0, 0.1) is 19.8 Å². The summed E-state index contributed by atoms with van der Waals surface area (Å²) in [4.78, 5) is 19.8. The van der Waals surface area contributed by atoms with Gasteiger partial charge in [-0.2, -0.15) is 5.10 Å². The van der Waals surface area contributed by atoms with Crippen molar-refractivity contribution in [3.05, 3.63) is 35.4 Å². The van der Waals surface area contributed by atoms with Gasteiger partial charge in [0.2, 0.25) is 0 Å². The van der Waals surface area contributed by atoms with E-state index in [0.29, 0.717) is 18.0 Å². The Hall–Kier alpha value is -2.63. The molecule has 1 amide bonds. The molecule has 0 N–H and O–H groups in total. The lowest BCUT2D eigenvalue weighted by atomic mass is 10.1. The van der Waals surface area contributed by atoms with Crippen molar-refractivity contribution in [1.29, 1.82) is 0 Å². The smallest absolute Gasteiger partial charge is 0.254 e. The molecule has 6 heteroatoms. The Morgan fingerprint density at radius 1 is 1.22 bits per heavy atom. The van der Waals surface area contributed by atoms with Gasteiger partial charge in [0, 0.05) is 25.2 Å². The molecule has 0 spiro atoms. The van der Waals surface area contributed by atoms with Gasteiger partial charge in [0.1, 0.15) is 11.5 Å². The molecule has 0 saturated carbocycles. The van der Waals surface area contributed by atoms with Crippen molar-refractivity contribution >= 4 is 16.9 Å². The quantitative estimate of drug-likeness (QED) is 0.659. The van der Waals surface area contributed by atoms with E-state index < -0.39 is 0 Å². The lowest BCUT2D eigenvalue weighted by molar-refractivity contribution is 0.0781. The summed E-state index contributed by atoms with van der Waals surface area (Å²) in [5.41, 5.74) is 3.00. The summed E-state index contributed by atoms with van der Waals surface area (Å²) in [6.45, 7) is 12.8. The summed E-state index contributed by atoms with van der Waals surface area (Å²) in [5, 5.41) is 5.26. The van der Waals surface area contributed by atoms with Gasteiger partial charge in [0.15, 0.2) is 5.65 Å². The SMILES string of the molecule is Cc1cc(-c2cc(C(=O)N(C)CC(C)C)c3cnn(C(C)C)c3n2)c(C)o1. The average molecular weight is 368 g/mol. The van der Waals surface area contributed by atoms with E-state index in [-0.39, 0.29) is 11.9 Å². The minimum Gasteiger partial charge on any atom is -0.466 e. The van der Waals surface area contributed by atoms with Gasteiger partial charge >= 0.3 is 0 Å². The number of fused-ring (bicyclic) bond motifs is 1. The standard InChI is InChI=1S/C21H28N4O2/c1-12(2)11-24(7)21(26)17-9-19(16-8-14(5)27-15(16)6)23-20-18(17)10-22-25(20)13(3)4/h8-10,12-13H,11H2,1-7H3. The van der Waals surface area contributed by atoms with Gasteiger partial charge in [-0.25, -0.2) is 9.67 Å². The number of hydrogen-bond donors (Lipinski definition) is 0. The second-order valence-corrected chi connectivity index (χ2v) is 7.88. The molecule has 0 aliphatic heterocycles. The molecular formula is C21H28N4O2. The fourth-order valence-electron chi connectivity index (χ4n) is 3.43. The third-order valence-electron chi connectivity index (χ3n) is 4.59. The predicted octanol–water partition coefficient (Wildman–Crippen LogP) is 4.62. The molecule has 3 heterocycles. The zero-order valence-electron chi connectivity index (χ0n) is 17.2. The number of pyridine rings is 1. The van der Waals surface area contributed by atoms with Gasteiger partial charge < -0.3 is 9.32 Å². The van der Waals surface area contributed by atoms with Crippen LogP contribution in [0.15, 0.2) is 22.7 Å². The fourth-order valence-corrected chi connectivity index (χ4v) is 3.43. The number of aryl methyl sites for hydroxylation is 2. The Balaban J connectivity index is 2.22. The number of amides is 1. The lowest BCUT2D eigenvalue weighted by Gasteiger charge is -2.20. The van der Waals surface area contributed by atoms with Gasteiger partial charge in [0.25, 0.3) is 5.91 Å². The highest BCUT2D eigenvalue weighted by Crippen LogP contribution is 2.30. The summed E-state index contributed by atoms with van der Waals surface area (Å²) < 4.78 is 7.54. The average Bonchev–Trinajstić information content (AvgIpc) is 3.15. The molecule has 0 aliphatic rings. The maximum Gasteiger partial charge on any atom is 0.254 e. The van der Waals surface area contributed by atoms with E-state index in [0.717, 1.165) is 33.8 Å². The number of nitrogens with zero attached hydrogens (tertiary/aromatic N) is 4. The Kier molecular flexibility index (Phi) is 5.09. The summed E-state index contributed by atoms with van der Waals surface area (Å²) >= 11 is 0. The van der Waals surface area contributed by atoms with E-state index in [4.69, 9.17) is 9.40 Å². The van der Waals surface area contributed by atoms with Crippen LogP contribution in [-0.2, 0) is 0 Å². The number of hydrogen-bond acceptors (Lipinski definition) is 4. The lowest BCUT2D eigenvalue weighted by Crippen LogP contribution is -2.30. The molecule has 0 bridgehead atoms. The number of carbonyl (C=O) groups is 1. The normalized spacial score (nSPS) is 11.7. The molecular weight excluding hydrogens is 340 g/mol. The third-order valence-corrected chi connectivity index (χ3v) is 4.59. The summed E-state index contributed by atoms with van der Waals surface area (Å²) in [7, 11) is 1.84. The van der Waals surface area contributed by atoms with Crippen molar-refractivity contribution in [3.8, 4) is 11.3 Å². The van der Waals surface area contributed by atoms with Crippen molar-refractivity contribution in [2.24, 2.45) is 5.92 Å². The number of furan rings is 1. The molecule has 6 nitrogen and oxygen atoms in total. The molecule has 3 aromatic heterocycles. The number of rotatable bonds is 5. The molecule has 0 aliphatic carbocycles. The molecule has 3 aromatic rings. The zero-order valence-corrected chi connectivity index (χ0v) is 17.2. The molecule has 144 valence electrons. The zero-order chi connectivity index (χ0) is 19.9. The molecule has 0 radical (unpaired) electrons. The van der Waals surface area contributed by atoms with Crippen molar-refractivity contribution in [2.75, 3.05) is 13.6 Å². The van der Waals surface area contributed by atoms with Crippen LogP contribution in [-0.4, -0.2) is 39.2 Å². The molecule has 27 heavy (non-hydrogen) atoms. The highest BCUT2D eigenvalue weighted by molar-refractivity contribution is 6.06. The van der Waals surface area contributed by atoms with Gasteiger partial charge in [-0.3, -0.25) is 4.79 Å². The topological polar surface area (TPSA) is 64.2 Å². The second kappa shape index (κ2) is 7.18. The second-order valence-electron chi connectivity index (χ2n) is 7.88. The minimum atomic E-state index is -0.0153. The van der Waals surface area contributed by atoms with Gasteiger partial charge in [-0.05, 0) is 45.7 Å². The first-order valence-corrected chi connectivity index (χ1v) is 9.40. The Labute approximate surface area is 160 Å². The first-order valence-electron chi connectivity index (χ1n) is 9.40. The van der Waals surface area contributed by atoms with Crippen molar-refractivity contribution < 1.29 is 9.21 Å². The van der Waals surface area contributed by atoms with Crippen molar-refractivity contribution in [1.82, 2.24) is 19.7 Å². The van der Waals surface area contributed by atoms with Crippen LogP contribution in [0.25, 0.3) is 22.3 Å². The van der Waals surface area contributed by atoms with Crippen LogP contribution in [0.3, 0.4) is 0 Å². The first-order chi connectivity index (χ1) is 12.7. The van der Waals surface area contributed by atoms with Crippen LogP contribution in [0.1, 0.15) is 55.6 Å². The Bertz CT molecular complexity index is 982. The monoisotopic (exact) mass is 368 g/mol. The van der Waals surface area contributed by atoms with Crippen LogP contribution in [0.4, 0.5) is 0 Å². The van der Waals surface area contributed by atoms with E-state index in [2.05, 4.69) is 32.8 Å². The molecule has 3 rings (SSSR count). The Morgan fingerprint density at radius 3 is 2.48 bits per heavy atom. The summed E-state index contributed by atoms with van der Waals surface area (Å²) in [6.07, 6.45) is 1.75. The van der Waals surface area contributed by atoms with Crippen molar-refractivity contribution in [3.63, 3.8) is 0 Å². The largest absolute Gasteiger partial charge is 0.466 e. The van der Waals surface area contributed by atoms with Gasteiger partial charge in [-0.1, -0.05) is 13.8 Å². The van der Waals surface area contributed by atoms with E-state index in [1.807, 2.05) is 37.7 Å². The highest BCUT2D eigenvalue weighted by atomic mass is 16.3. The molecule has 0 fully saturated rings. The van der Waals surface area contributed by atoms with E-state index >= 15 is 0 Å². The van der Waals surface area contributed by atoms with Crippen molar-refractivity contribution in [2.45, 2.75) is 47.6 Å².